The van der Waals surface area contributed by atoms with E-state index in [-0.39, 0.29) is 35.1 Å². The Hall–Kier alpha value is -2.84. The Labute approximate surface area is 235 Å². The van der Waals surface area contributed by atoms with Crippen molar-refractivity contribution in [3.8, 4) is 0 Å². The number of aryl methyl sites for hydroxylation is 2. The molecule has 4 unspecified atom stereocenters. The lowest BCUT2D eigenvalue weighted by Gasteiger charge is -2.34. The van der Waals surface area contributed by atoms with Crippen molar-refractivity contribution in [2.45, 2.75) is 81.4 Å². The summed E-state index contributed by atoms with van der Waals surface area (Å²) < 4.78 is 0. The van der Waals surface area contributed by atoms with E-state index < -0.39 is 18.1 Å². The van der Waals surface area contributed by atoms with Gasteiger partial charge >= 0.3 is 0 Å². The molecule has 0 radical (unpaired) electrons. The molecule has 39 heavy (non-hydrogen) atoms. The fourth-order valence-corrected chi connectivity index (χ4v) is 7.72. The predicted octanol–water partition coefficient (Wildman–Crippen LogP) is 3.59. The second kappa shape index (κ2) is 12.6. The molecule has 7 nitrogen and oxygen atoms in total. The number of carbonyl (C=O) groups excluding carboxylic acids is 3. The standard InChI is InChI=1S/C31H40N4O3S/c1-20(32-2)29(36)34-26-17-18-39-27-19-23(16-15-21-9-4-3-5-10-21)28(35(27)31(26)38)30(37)33-25-14-8-12-22-11-6-7-13-24(22)25/h3-7,9-11,13,20,23,25-28,32H,8,12,14-19H2,1-2H3,(H,33,37)(H,34,36)/t20-,23?,25+,26?,27?,28?/m0/s1. The summed E-state index contributed by atoms with van der Waals surface area (Å²) in [4.78, 5) is 42.6. The van der Waals surface area contributed by atoms with Crippen LogP contribution in [-0.4, -0.2) is 58.9 Å². The summed E-state index contributed by atoms with van der Waals surface area (Å²) in [6.45, 7) is 1.78. The number of thioether (sulfide) groups is 1. The van der Waals surface area contributed by atoms with Crippen LogP contribution in [0.2, 0.25) is 0 Å². The molecule has 6 atom stereocenters. The number of fused-ring (bicyclic) bond motifs is 2. The Morgan fingerprint density at radius 1 is 1.03 bits per heavy atom. The van der Waals surface area contributed by atoms with Gasteiger partial charge in [0.05, 0.1) is 17.5 Å². The molecule has 3 aliphatic rings. The van der Waals surface area contributed by atoms with Crippen molar-refractivity contribution >= 4 is 29.5 Å². The van der Waals surface area contributed by atoms with E-state index in [1.165, 1.54) is 16.7 Å². The number of rotatable bonds is 8. The van der Waals surface area contributed by atoms with Crippen LogP contribution in [-0.2, 0) is 27.2 Å². The van der Waals surface area contributed by atoms with Crippen molar-refractivity contribution in [1.82, 2.24) is 20.9 Å². The highest BCUT2D eigenvalue weighted by Crippen LogP contribution is 2.42. The van der Waals surface area contributed by atoms with Crippen molar-refractivity contribution in [2.24, 2.45) is 5.92 Å². The van der Waals surface area contributed by atoms with Crippen LogP contribution in [0.5, 0.6) is 0 Å². The zero-order valence-electron chi connectivity index (χ0n) is 22.9. The Morgan fingerprint density at radius 3 is 2.59 bits per heavy atom. The fourth-order valence-electron chi connectivity index (χ4n) is 6.30. The summed E-state index contributed by atoms with van der Waals surface area (Å²) in [5.74, 6) is 0.423. The Bertz CT molecular complexity index is 1180. The maximum atomic E-state index is 14.1. The lowest BCUT2D eigenvalue weighted by molar-refractivity contribution is -0.143. The first kappa shape index (κ1) is 27.7. The highest BCUT2D eigenvalue weighted by atomic mass is 32.2. The third kappa shape index (κ3) is 6.17. The topological polar surface area (TPSA) is 90.5 Å². The Balaban J connectivity index is 1.39. The molecule has 0 spiro atoms. The van der Waals surface area contributed by atoms with Crippen LogP contribution in [0.3, 0.4) is 0 Å². The molecule has 0 saturated carbocycles. The molecule has 0 aromatic heterocycles. The van der Waals surface area contributed by atoms with Crippen molar-refractivity contribution < 1.29 is 14.4 Å². The first-order chi connectivity index (χ1) is 19.0. The molecule has 2 aromatic rings. The third-order valence-corrected chi connectivity index (χ3v) is 9.85. The summed E-state index contributed by atoms with van der Waals surface area (Å²) >= 11 is 1.74. The van der Waals surface area contributed by atoms with Crippen LogP contribution in [0.25, 0.3) is 0 Å². The quantitative estimate of drug-likeness (QED) is 0.469. The Morgan fingerprint density at radius 2 is 1.79 bits per heavy atom. The minimum atomic E-state index is -0.621. The molecule has 3 N–H and O–H groups in total. The first-order valence-corrected chi connectivity index (χ1v) is 15.3. The maximum absolute atomic E-state index is 14.1. The smallest absolute Gasteiger partial charge is 0.246 e. The van der Waals surface area contributed by atoms with Crippen LogP contribution in [0.4, 0.5) is 0 Å². The summed E-state index contributed by atoms with van der Waals surface area (Å²) in [5.41, 5.74) is 3.72. The zero-order chi connectivity index (χ0) is 27.4. The first-order valence-electron chi connectivity index (χ1n) is 14.3. The minimum Gasteiger partial charge on any atom is -0.347 e. The van der Waals surface area contributed by atoms with Gasteiger partial charge in [-0.05, 0) is 87.3 Å². The number of hydrogen-bond acceptors (Lipinski definition) is 5. The van der Waals surface area contributed by atoms with Gasteiger partial charge in [-0.2, -0.15) is 0 Å². The Kier molecular flexibility index (Phi) is 8.92. The summed E-state index contributed by atoms with van der Waals surface area (Å²) in [6.07, 6.45) is 6.01. The van der Waals surface area contributed by atoms with Gasteiger partial charge in [0, 0.05) is 0 Å². The number of benzene rings is 2. The molecule has 1 aliphatic carbocycles. The highest BCUT2D eigenvalue weighted by Gasteiger charge is 2.50. The van der Waals surface area contributed by atoms with Gasteiger partial charge in [0.1, 0.15) is 12.1 Å². The van der Waals surface area contributed by atoms with Gasteiger partial charge in [0.25, 0.3) is 0 Å². The molecular formula is C31H40N4O3S. The number of carbonyl (C=O) groups is 3. The zero-order valence-corrected chi connectivity index (χ0v) is 23.7. The van der Waals surface area contributed by atoms with E-state index in [1.807, 2.05) is 29.2 Å². The molecule has 208 valence electrons. The van der Waals surface area contributed by atoms with Gasteiger partial charge in [-0.15, -0.1) is 11.8 Å². The second-order valence-electron chi connectivity index (χ2n) is 11.0. The van der Waals surface area contributed by atoms with E-state index >= 15 is 0 Å². The van der Waals surface area contributed by atoms with E-state index in [0.29, 0.717) is 6.42 Å². The van der Waals surface area contributed by atoms with Crippen molar-refractivity contribution in [1.29, 1.82) is 0 Å². The highest BCUT2D eigenvalue weighted by molar-refractivity contribution is 7.99. The molecule has 3 amide bonds. The number of amides is 3. The number of nitrogens with zero attached hydrogens (tertiary/aromatic N) is 1. The monoisotopic (exact) mass is 548 g/mol. The van der Waals surface area contributed by atoms with Gasteiger partial charge in [0.2, 0.25) is 17.7 Å². The summed E-state index contributed by atoms with van der Waals surface area (Å²) in [7, 11) is 1.73. The number of nitrogens with one attached hydrogen (secondary N) is 3. The van der Waals surface area contributed by atoms with Crippen LogP contribution in [0.1, 0.15) is 61.8 Å². The molecule has 2 saturated heterocycles. The van der Waals surface area contributed by atoms with Gasteiger partial charge in [-0.3, -0.25) is 14.4 Å². The van der Waals surface area contributed by atoms with Crippen LogP contribution >= 0.6 is 11.8 Å². The lowest BCUT2D eigenvalue weighted by Crippen LogP contribution is -2.57. The summed E-state index contributed by atoms with van der Waals surface area (Å²) in [6, 6.07) is 17.1. The largest absolute Gasteiger partial charge is 0.347 e. The van der Waals surface area contributed by atoms with E-state index in [2.05, 4.69) is 46.3 Å². The average molecular weight is 549 g/mol. The SMILES string of the molecule is CN[C@@H](C)C(=O)NC1CCSC2CC(CCc3ccccc3)C(C(=O)N[C@@H]3CCCc4ccccc43)N2C1=O. The summed E-state index contributed by atoms with van der Waals surface area (Å²) in [5, 5.41) is 9.21. The number of hydrogen-bond donors (Lipinski definition) is 3. The molecular weight excluding hydrogens is 508 g/mol. The molecule has 2 aliphatic heterocycles. The fraction of sp³-hybridized carbons (Fsp3) is 0.516. The lowest BCUT2D eigenvalue weighted by atomic mass is 9.87. The second-order valence-corrected chi connectivity index (χ2v) is 12.3. The van der Waals surface area contributed by atoms with E-state index in [0.717, 1.165) is 44.3 Å². The van der Waals surface area contributed by atoms with Crippen molar-refractivity contribution in [2.75, 3.05) is 12.8 Å². The van der Waals surface area contributed by atoms with Crippen molar-refractivity contribution in [3.05, 3.63) is 71.3 Å². The minimum absolute atomic E-state index is 0.0435. The van der Waals surface area contributed by atoms with Gasteiger partial charge < -0.3 is 20.9 Å². The van der Waals surface area contributed by atoms with E-state index in [4.69, 9.17) is 0 Å². The molecule has 2 fully saturated rings. The molecule has 2 aromatic carbocycles. The maximum Gasteiger partial charge on any atom is 0.246 e. The normalized spacial score (nSPS) is 27.2. The van der Waals surface area contributed by atoms with Crippen LogP contribution in [0.15, 0.2) is 54.6 Å². The molecule has 2 heterocycles. The van der Waals surface area contributed by atoms with Crippen LogP contribution in [0, 0.1) is 5.92 Å². The average Bonchev–Trinajstić information content (AvgIpc) is 3.26. The van der Waals surface area contributed by atoms with Gasteiger partial charge in [0.15, 0.2) is 0 Å². The third-order valence-electron chi connectivity index (χ3n) is 8.57. The molecule has 0 bridgehead atoms. The van der Waals surface area contributed by atoms with Gasteiger partial charge in [-0.25, -0.2) is 0 Å². The number of likely N-dealkylation sites (N-methyl/N-ethyl adjacent to an activating group) is 1. The van der Waals surface area contributed by atoms with Crippen molar-refractivity contribution in [3.63, 3.8) is 0 Å². The van der Waals surface area contributed by atoms with E-state index in [1.54, 1.807) is 25.7 Å². The van der Waals surface area contributed by atoms with E-state index in [9.17, 15) is 14.4 Å². The van der Waals surface area contributed by atoms with Crippen LogP contribution < -0.4 is 16.0 Å². The molecule has 8 heteroatoms. The predicted molar refractivity (Wildman–Crippen MR) is 155 cm³/mol. The molecule has 5 rings (SSSR count). The van der Waals surface area contributed by atoms with Gasteiger partial charge in [-0.1, -0.05) is 54.6 Å².